The van der Waals surface area contributed by atoms with E-state index in [-0.39, 0.29) is 21.5 Å². The number of rotatable bonds is 3. The number of aromatic nitrogens is 1. The monoisotopic (exact) mass is 469 g/mol. The zero-order chi connectivity index (χ0) is 22.4. The average Bonchev–Trinajstić information content (AvgIpc) is 3.04. The number of benzene rings is 2. The molecule has 0 atom stereocenters. The molecule has 0 aliphatic carbocycles. The highest BCUT2D eigenvalue weighted by atomic mass is 35.5. The van der Waals surface area contributed by atoms with Crippen LogP contribution in [0.15, 0.2) is 36.5 Å². The van der Waals surface area contributed by atoms with E-state index in [1.54, 1.807) is 0 Å². The third-order valence-corrected chi connectivity index (χ3v) is 5.14. The summed E-state index contributed by atoms with van der Waals surface area (Å²) >= 11 is 12.1. The number of hydrogen-bond donors (Lipinski definition) is 0. The standard InChI is InChI=1S/C19H11Cl2F6NO2/c1-30-17(29)11-2-3-13(19(25,26)27)12(15(11)21)8-28-5-4-9-6-10(18(22,23)24)7-14(20)16(9)28/h2-7H,8H2,1H3. The van der Waals surface area contributed by atoms with Crippen molar-refractivity contribution in [3.05, 3.63) is 68.8 Å². The molecule has 1 heterocycles. The molecule has 0 amide bonds. The number of alkyl halides is 6. The number of esters is 1. The van der Waals surface area contributed by atoms with E-state index in [1.165, 1.54) is 16.8 Å². The first-order chi connectivity index (χ1) is 13.8. The third kappa shape index (κ3) is 4.09. The van der Waals surface area contributed by atoms with Gasteiger partial charge in [0.05, 0.1) is 39.4 Å². The van der Waals surface area contributed by atoms with E-state index in [0.29, 0.717) is 12.1 Å². The van der Waals surface area contributed by atoms with Gasteiger partial charge in [0.1, 0.15) is 0 Å². The fourth-order valence-electron chi connectivity index (χ4n) is 3.07. The maximum atomic E-state index is 13.5. The Morgan fingerprint density at radius 3 is 2.27 bits per heavy atom. The van der Waals surface area contributed by atoms with Crippen molar-refractivity contribution in [2.24, 2.45) is 0 Å². The molecule has 0 spiro atoms. The summed E-state index contributed by atoms with van der Waals surface area (Å²) in [5.41, 5.74) is -2.70. The average molecular weight is 470 g/mol. The van der Waals surface area contributed by atoms with Crippen LogP contribution >= 0.6 is 23.2 Å². The van der Waals surface area contributed by atoms with Crippen molar-refractivity contribution < 1.29 is 35.9 Å². The Hall–Kier alpha value is -2.39. The molecule has 0 N–H and O–H groups in total. The lowest BCUT2D eigenvalue weighted by atomic mass is 10.0. The Labute approximate surface area is 175 Å². The molecule has 2 aromatic carbocycles. The molecule has 0 fully saturated rings. The van der Waals surface area contributed by atoms with Gasteiger partial charge in [0.25, 0.3) is 0 Å². The van der Waals surface area contributed by atoms with Crippen molar-refractivity contribution in [2.75, 3.05) is 7.11 Å². The van der Waals surface area contributed by atoms with Crippen LogP contribution in [0, 0.1) is 0 Å². The predicted molar refractivity (Wildman–Crippen MR) is 98.8 cm³/mol. The zero-order valence-electron chi connectivity index (χ0n) is 15.0. The first-order valence-corrected chi connectivity index (χ1v) is 8.92. The van der Waals surface area contributed by atoms with Gasteiger partial charge in [0.15, 0.2) is 0 Å². The van der Waals surface area contributed by atoms with E-state index >= 15 is 0 Å². The molecule has 11 heteroatoms. The fraction of sp³-hybridized carbons (Fsp3) is 0.211. The lowest BCUT2D eigenvalue weighted by molar-refractivity contribution is -0.138. The summed E-state index contributed by atoms with van der Waals surface area (Å²) in [5.74, 6) is -0.930. The van der Waals surface area contributed by atoms with Gasteiger partial charge >= 0.3 is 18.3 Å². The quantitative estimate of drug-likeness (QED) is 0.311. The molecule has 1 aromatic heterocycles. The highest BCUT2D eigenvalue weighted by Gasteiger charge is 2.36. The summed E-state index contributed by atoms with van der Waals surface area (Å²) in [4.78, 5) is 11.8. The molecule has 30 heavy (non-hydrogen) atoms. The van der Waals surface area contributed by atoms with E-state index in [2.05, 4.69) is 4.74 Å². The number of fused-ring (bicyclic) bond motifs is 1. The second kappa shape index (κ2) is 7.70. The molecular formula is C19H11Cl2F6NO2. The van der Waals surface area contributed by atoms with E-state index in [9.17, 15) is 31.1 Å². The molecule has 0 bridgehead atoms. The molecule has 0 saturated heterocycles. The molecule has 0 radical (unpaired) electrons. The van der Waals surface area contributed by atoms with Crippen molar-refractivity contribution in [3.8, 4) is 0 Å². The Bertz CT molecular complexity index is 1130. The van der Waals surface area contributed by atoms with Crippen LogP contribution in [0.5, 0.6) is 0 Å². The van der Waals surface area contributed by atoms with Crippen LogP contribution in [0.2, 0.25) is 10.0 Å². The fourth-order valence-corrected chi connectivity index (χ4v) is 3.71. The Morgan fingerprint density at radius 1 is 1.03 bits per heavy atom. The van der Waals surface area contributed by atoms with Gasteiger partial charge in [-0.15, -0.1) is 0 Å². The molecular weight excluding hydrogens is 459 g/mol. The number of ether oxygens (including phenoxy) is 1. The van der Waals surface area contributed by atoms with E-state index in [0.717, 1.165) is 19.2 Å². The lowest BCUT2D eigenvalue weighted by Gasteiger charge is -2.18. The summed E-state index contributed by atoms with van der Waals surface area (Å²) in [7, 11) is 1.05. The second-order valence-corrected chi connectivity index (χ2v) is 7.07. The molecule has 0 aliphatic heterocycles. The van der Waals surface area contributed by atoms with Crippen LogP contribution in [0.1, 0.15) is 27.0 Å². The largest absolute Gasteiger partial charge is 0.465 e. The van der Waals surface area contributed by atoms with Crippen molar-refractivity contribution in [3.63, 3.8) is 0 Å². The Morgan fingerprint density at radius 2 is 1.70 bits per heavy atom. The van der Waals surface area contributed by atoms with Gasteiger partial charge < -0.3 is 9.30 Å². The van der Waals surface area contributed by atoms with Gasteiger partial charge in [0, 0.05) is 23.7 Å². The minimum absolute atomic E-state index is 0.0867. The molecule has 0 aliphatic rings. The topological polar surface area (TPSA) is 31.2 Å². The predicted octanol–water partition coefficient (Wildman–Crippen LogP) is 6.82. The number of hydrogen-bond acceptors (Lipinski definition) is 2. The minimum Gasteiger partial charge on any atom is -0.465 e. The summed E-state index contributed by atoms with van der Waals surface area (Å²) in [6, 6.07) is 4.42. The number of carbonyl (C=O) groups is 1. The summed E-state index contributed by atoms with van der Waals surface area (Å²) in [5, 5.41) is -0.677. The SMILES string of the molecule is COC(=O)c1ccc(C(F)(F)F)c(Cn2ccc3cc(C(F)(F)F)cc(Cl)c32)c1Cl. The number of nitrogens with zero attached hydrogens (tertiary/aromatic N) is 1. The molecule has 0 unspecified atom stereocenters. The number of carbonyl (C=O) groups excluding carboxylic acids is 1. The Kier molecular flexibility index (Phi) is 5.72. The first kappa shape index (κ1) is 22.3. The van der Waals surface area contributed by atoms with Gasteiger partial charge in [-0.1, -0.05) is 23.2 Å². The highest BCUT2D eigenvalue weighted by Crippen LogP contribution is 2.39. The van der Waals surface area contributed by atoms with Crippen LogP contribution < -0.4 is 0 Å². The van der Waals surface area contributed by atoms with Crippen LogP contribution in [-0.2, 0) is 23.6 Å². The van der Waals surface area contributed by atoms with Gasteiger partial charge in [-0.3, -0.25) is 0 Å². The van der Waals surface area contributed by atoms with Crippen molar-refractivity contribution in [1.29, 1.82) is 0 Å². The highest BCUT2D eigenvalue weighted by molar-refractivity contribution is 6.35. The number of methoxy groups -OCH3 is 1. The summed E-state index contributed by atoms with van der Waals surface area (Å²) < 4.78 is 85.3. The number of halogens is 8. The first-order valence-electron chi connectivity index (χ1n) is 8.17. The summed E-state index contributed by atoms with van der Waals surface area (Å²) in [6.45, 7) is -0.493. The van der Waals surface area contributed by atoms with Crippen molar-refractivity contribution in [2.45, 2.75) is 18.9 Å². The minimum atomic E-state index is -4.79. The lowest BCUT2D eigenvalue weighted by Crippen LogP contribution is -2.15. The van der Waals surface area contributed by atoms with Gasteiger partial charge in [-0.25, -0.2) is 4.79 Å². The maximum absolute atomic E-state index is 13.5. The van der Waals surface area contributed by atoms with E-state index in [4.69, 9.17) is 23.2 Å². The third-order valence-electron chi connectivity index (χ3n) is 4.42. The van der Waals surface area contributed by atoms with Crippen LogP contribution in [-0.4, -0.2) is 17.6 Å². The van der Waals surface area contributed by atoms with Crippen LogP contribution in [0.25, 0.3) is 10.9 Å². The molecule has 3 nitrogen and oxygen atoms in total. The van der Waals surface area contributed by atoms with Crippen LogP contribution in [0.4, 0.5) is 26.3 Å². The van der Waals surface area contributed by atoms with Gasteiger partial charge in [0.2, 0.25) is 0 Å². The van der Waals surface area contributed by atoms with Crippen LogP contribution in [0.3, 0.4) is 0 Å². The van der Waals surface area contributed by atoms with E-state index in [1.807, 2.05) is 0 Å². The Balaban J connectivity index is 2.18. The molecule has 0 saturated carbocycles. The smallest absolute Gasteiger partial charge is 0.416 e. The molecule has 3 rings (SSSR count). The second-order valence-electron chi connectivity index (χ2n) is 6.28. The van der Waals surface area contributed by atoms with Crippen molar-refractivity contribution >= 4 is 40.1 Å². The van der Waals surface area contributed by atoms with E-state index < -0.39 is 46.6 Å². The van der Waals surface area contributed by atoms with Gasteiger partial charge in [-0.05, 0) is 30.3 Å². The maximum Gasteiger partial charge on any atom is 0.416 e. The molecule has 160 valence electrons. The molecule has 3 aromatic rings. The normalized spacial score (nSPS) is 12.4. The zero-order valence-corrected chi connectivity index (χ0v) is 16.5. The van der Waals surface area contributed by atoms with Crippen molar-refractivity contribution in [1.82, 2.24) is 4.57 Å². The summed E-state index contributed by atoms with van der Waals surface area (Å²) in [6.07, 6.45) is -8.14. The van der Waals surface area contributed by atoms with Gasteiger partial charge in [-0.2, -0.15) is 26.3 Å².